The van der Waals surface area contributed by atoms with Gasteiger partial charge in [0, 0.05) is 18.3 Å². The second kappa shape index (κ2) is 6.86. The van der Waals surface area contributed by atoms with Crippen LogP contribution in [0.5, 0.6) is 0 Å². The molecule has 2 rings (SSSR count). The SMILES string of the molecule is CC[C@@](C)(O)CNC(=O)Nc1cccc(S(=O)(=O)NC2CC2)c1. The van der Waals surface area contributed by atoms with Crippen LogP contribution in [0.15, 0.2) is 29.2 Å². The van der Waals surface area contributed by atoms with Gasteiger partial charge in [-0.15, -0.1) is 0 Å². The molecule has 0 unspecified atom stereocenters. The normalized spacial score (nSPS) is 17.3. The van der Waals surface area contributed by atoms with Gasteiger partial charge in [0.25, 0.3) is 0 Å². The van der Waals surface area contributed by atoms with Gasteiger partial charge in [0.1, 0.15) is 0 Å². The molecule has 2 amide bonds. The number of urea groups is 1. The number of hydrogen-bond donors (Lipinski definition) is 4. The Balaban J connectivity index is 1.98. The van der Waals surface area contributed by atoms with Crippen LogP contribution in [0.1, 0.15) is 33.1 Å². The number of rotatable bonds is 7. The molecule has 0 spiro atoms. The van der Waals surface area contributed by atoms with Crippen LogP contribution in [-0.2, 0) is 10.0 Å². The van der Waals surface area contributed by atoms with E-state index in [1.54, 1.807) is 19.1 Å². The van der Waals surface area contributed by atoms with Gasteiger partial charge in [0.05, 0.1) is 10.5 Å². The molecule has 1 aromatic carbocycles. The molecule has 1 aliphatic carbocycles. The van der Waals surface area contributed by atoms with Crippen molar-refractivity contribution >= 4 is 21.7 Å². The molecule has 7 nitrogen and oxygen atoms in total. The zero-order chi connectivity index (χ0) is 17.1. The lowest BCUT2D eigenvalue weighted by atomic mass is 10.0. The van der Waals surface area contributed by atoms with E-state index in [1.807, 2.05) is 6.92 Å². The van der Waals surface area contributed by atoms with Crippen LogP contribution in [0.2, 0.25) is 0 Å². The molecule has 0 saturated heterocycles. The van der Waals surface area contributed by atoms with E-state index in [0.717, 1.165) is 12.8 Å². The van der Waals surface area contributed by atoms with Gasteiger partial charge in [-0.25, -0.2) is 17.9 Å². The zero-order valence-electron chi connectivity index (χ0n) is 13.3. The molecule has 1 fully saturated rings. The predicted octanol–water partition coefficient (Wildman–Crippen LogP) is 1.41. The van der Waals surface area contributed by atoms with Crippen molar-refractivity contribution in [1.82, 2.24) is 10.0 Å². The summed E-state index contributed by atoms with van der Waals surface area (Å²) in [6.45, 7) is 3.56. The second-order valence-electron chi connectivity index (χ2n) is 6.08. The van der Waals surface area contributed by atoms with Crippen LogP contribution in [0.3, 0.4) is 0 Å². The van der Waals surface area contributed by atoms with Crippen LogP contribution >= 0.6 is 0 Å². The fourth-order valence-electron chi connectivity index (χ4n) is 1.80. The van der Waals surface area contributed by atoms with Crippen molar-refractivity contribution in [1.29, 1.82) is 0 Å². The Morgan fingerprint density at radius 3 is 2.70 bits per heavy atom. The summed E-state index contributed by atoms with van der Waals surface area (Å²) < 4.78 is 26.9. The van der Waals surface area contributed by atoms with Crippen molar-refractivity contribution in [2.24, 2.45) is 0 Å². The summed E-state index contributed by atoms with van der Waals surface area (Å²) >= 11 is 0. The molecule has 128 valence electrons. The van der Waals surface area contributed by atoms with Crippen molar-refractivity contribution in [2.75, 3.05) is 11.9 Å². The standard InChI is InChI=1S/C15H23N3O4S/c1-3-15(2,20)10-16-14(19)17-12-5-4-6-13(9-12)23(21,22)18-11-7-8-11/h4-6,9,11,18,20H,3,7-8,10H2,1-2H3,(H2,16,17,19)/t15-/m1/s1. The van der Waals surface area contributed by atoms with E-state index in [2.05, 4.69) is 15.4 Å². The minimum absolute atomic E-state index is 0.0242. The molecular formula is C15H23N3O4S. The van der Waals surface area contributed by atoms with Crippen LogP contribution in [0.25, 0.3) is 0 Å². The maximum atomic E-state index is 12.1. The Morgan fingerprint density at radius 2 is 2.09 bits per heavy atom. The number of benzene rings is 1. The van der Waals surface area contributed by atoms with Crippen molar-refractivity contribution in [3.63, 3.8) is 0 Å². The third kappa shape index (κ3) is 5.49. The van der Waals surface area contributed by atoms with Crippen LogP contribution in [0, 0.1) is 0 Å². The summed E-state index contributed by atoms with van der Waals surface area (Å²) in [5, 5.41) is 15.0. The van der Waals surface area contributed by atoms with E-state index < -0.39 is 21.7 Å². The van der Waals surface area contributed by atoms with Crippen molar-refractivity contribution in [3.8, 4) is 0 Å². The van der Waals surface area contributed by atoms with Gasteiger partial charge >= 0.3 is 6.03 Å². The molecule has 0 bridgehead atoms. The first-order valence-corrected chi connectivity index (χ1v) is 9.10. The number of sulfonamides is 1. The first-order chi connectivity index (χ1) is 10.7. The fraction of sp³-hybridized carbons (Fsp3) is 0.533. The molecule has 0 radical (unpaired) electrons. The zero-order valence-corrected chi connectivity index (χ0v) is 14.1. The summed E-state index contributed by atoms with van der Waals surface area (Å²) in [6, 6.07) is 5.59. The minimum atomic E-state index is -3.56. The Bertz CT molecular complexity index is 669. The minimum Gasteiger partial charge on any atom is -0.388 e. The number of anilines is 1. The lowest BCUT2D eigenvalue weighted by Crippen LogP contribution is -2.41. The van der Waals surface area contributed by atoms with E-state index in [4.69, 9.17) is 0 Å². The first kappa shape index (κ1) is 17.7. The molecule has 0 aliphatic heterocycles. The lowest BCUT2D eigenvalue weighted by molar-refractivity contribution is 0.0587. The molecule has 0 heterocycles. The molecule has 4 N–H and O–H groups in total. The lowest BCUT2D eigenvalue weighted by Gasteiger charge is -2.21. The molecule has 1 atom stereocenters. The highest BCUT2D eigenvalue weighted by Crippen LogP contribution is 2.23. The summed E-state index contributed by atoms with van der Waals surface area (Å²) in [7, 11) is -3.56. The third-order valence-electron chi connectivity index (χ3n) is 3.69. The molecule has 1 aliphatic rings. The van der Waals surface area contributed by atoms with Crippen LogP contribution in [-0.4, -0.2) is 37.7 Å². The quantitative estimate of drug-likeness (QED) is 0.601. The average molecular weight is 341 g/mol. The molecule has 1 aromatic rings. The van der Waals surface area contributed by atoms with Gasteiger partial charge in [0.2, 0.25) is 10.0 Å². The Labute approximate surface area is 136 Å². The smallest absolute Gasteiger partial charge is 0.319 e. The van der Waals surface area contributed by atoms with Crippen molar-refractivity contribution in [2.45, 2.75) is 49.6 Å². The second-order valence-corrected chi connectivity index (χ2v) is 7.80. The average Bonchev–Trinajstić information content (AvgIpc) is 3.29. The highest BCUT2D eigenvalue weighted by molar-refractivity contribution is 7.89. The van der Waals surface area contributed by atoms with Gasteiger partial charge in [-0.2, -0.15) is 0 Å². The van der Waals surface area contributed by atoms with Crippen molar-refractivity contribution < 1.29 is 18.3 Å². The number of carbonyl (C=O) groups is 1. The molecular weight excluding hydrogens is 318 g/mol. The van der Waals surface area contributed by atoms with Crippen molar-refractivity contribution in [3.05, 3.63) is 24.3 Å². The van der Waals surface area contributed by atoms with E-state index in [9.17, 15) is 18.3 Å². The summed E-state index contributed by atoms with van der Waals surface area (Å²) in [5.41, 5.74) is -0.603. The topological polar surface area (TPSA) is 108 Å². The number of carbonyl (C=O) groups excluding carboxylic acids is 1. The highest BCUT2D eigenvalue weighted by Gasteiger charge is 2.28. The van der Waals surface area contributed by atoms with E-state index in [-0.39, 0.29) is 17.5 Å². The number of nitrogens with one attached hydrogen (secondary N) is 3. The predicted molar refractivity (Wildman–Crippen MR) is 87.7 cm³/mol. The number of aliphatic hydroxyl groups is 1. The Kier molecular flexibility index (Phi) is 5.28. The van der Waals surface area contributed by atoms with E-state index in [0.29, 0.717) is 12.1 Å². The van der Waals surface area contributed by atoms with Gasteiger partial charge in [-0.05, 0) is 44.4 Å². The summed E-state index contributed by atoms with van der Waals surface area (Å²) in [6.07, 6.45) is 2.22. The molecule has 23 heavy (non-hydrogen) atoms. The number of hydrogen-bond acceptors (Lipinski definition) is 4. The van der Waals surface area contributed by atoms with Crippen LogP contribution < -0.4 is 15.4 Å². The largest absolute Gasteiger partial charge is 0.388 e. The van der Waals surface area contributed by atoms with Gasteiger partial charge in [-0.1, -0.05) is 13.0 Å². The van der Waals surface area contributed by atoms with Gasteiger partial charge in [0.15, 0.2) is 0 Å². The maximum absolute atomic E-state index is 12.1. The summed E-state index contributed by atoms with van der Waals surface area (Å²) in [4.78, 5) is 11.9. The van der Waals surface area contributed by atoms with E-state index in [1.165, 1.54) is 12.1 Å². The fourth-order valence-corrected chi connectivity index (χ4v) is 3.15. The molecule has 1 saturated carbocycles. The first-order valence-electron chi connectivity index (χ1n) is 7.61. The summed E-state index contributed by atoms with van der Waals surface area (Å²) in [5.74, 6) is 0. The van der Waals surface area contributed by atoms with E-state index >= 15 is 0 Å². The molecule has 8 heteroatoms. The maximum Gasteiger partial charge on any atom is 0.319 e. The monoisotopic (exact) mass is 341 g/mol. The third-order valence-corrected chi connectivity index (χ3v) is 5.21. The van der Waals surface area contributed by atoms with Gasteiger partial charge < -0.3 is 15.7 Å². The molecule has 0 aromatic heterocycles. The highest BCUT2D eigenvalue weighted by atomic mass is 32.2. The Morgan fingerprint density at radius 1 is 1.39 bits per heavy atom. The number of amides is 2. The van der Waals surface area contributed by atoms with Crippen LogP contribution in [0.4, 0.5) is 10.5 Å². The Hall–Kier alpha value is -1.64. The van der Waals surface area contributed by atoms with Gasteiger partial charge in [-0.3, -0.25) is 0 Å².